The van der Waals surface area contributed by atoms with E-state index in [0.717, 1.165) is 18.3 Å². The predicted octanol–water partition coefficient (Wildman–Crippen LogP) is 3.15. The summed E-state index contributed by atoms with van der Waals surface area (Å²) in [5, 5.41) is 3.53. The van der Waals surface area contributed by atoms with Gasteiger partial charge in [0.05, 0.1) is 7.11 Å². The number of hydrogen-bond acceptors (Lipinski definition) is 3. The average molecular weight is 288 g/mol. The molecule has 0 aromatic heterocycles. The van der Waals surface area contributed by atoms with Gasteiger partial charge >= 0.3 is 0 Å². The first-order valence-electron chi connectivity index (χ1n) is 8.39. The maximum atomic E-state index is 5.39. The molecule has 21 heavy (non-hydrogen) atoms. The molecule has 1 aliphatic carbocycles. The lowest BCUT2D eigenvalue weighted by Gasteiger charge is -2.38. The van der Waals surface area contributed by atoms with E-state index < -0.39 is 0 Å². The summed E-state index contributed by atoms with van der Waals surface area (Å²) in [7, 11) is 4.09. The number of hydrogen-bond donors (Lipinski definition) is 1. The number of methoxy groups -OCH3 is 1. The molecule has 3 nitrogen and oxygen atoms in total. The molecule has 1 aromatic carbocycles. The van der Waals surface area contributed by atoms with E-state index in [9.17, 15) is 0 Å². The fourth-order valence-electron chi connectivity index (χ4n) is 3.98. The molecule has 2 aliphatic rings. The molecular formula is C18H28N2O. The highest BCUT2D eigenvalue weighted by Crippen LogP contribution is 2.37. The van der Waals surface area contributed by atoms with Crippen LogP contribution in [0.5, 0.6) is 5.75 Å². The van der Waals surface area contributed by atoms with Crippen molar-refractivity contribution in [3.05, 3.63) is 29.3 Å². The van der Waals surface area contributed by atoms with Crippen molar-refractivity contribution in [2.24, 2.45) is 0 Å². The lowest BCUT2D eigenvalue weighted by Crippen LogP contribution is -2.37. The molecule has 1 fully saturated rings. The van der Waals surface area contributed by atoms with E-state index in [1.54, 1.807) is 7.11 Å². The first-order valence-corrected chi connectivity index (χ1v) is 8.39. The van der Waals surface area contributed by atoms with E-state index in [4.69, 9.17) is 4.74 Å². The van der Waals surface area contributed by atoms with Crippen molar-refractivity contribution in [3.63, 3.8) is 0 Å². The van der Waals surface area contributed by atoms with Crippen LogP contribution >= 0.6 is 0 Å². The standard InChI is InChI=1S/C18H28N2O/c1-20(15-6-4-11-19-12-10-15)18-7-3-5-14-13-16(21-2)8-9-17(14)18/h8-9,13,15,18-19H,3-7,10-12H2,1-2H3. The Balaban J connectivity index is 1.80. The first-order chi connectivity index (χ1) is 10.3. The number of nitrogens with one attached hydrogen (secondary N) is 1. The second-order valence-corrected chi connectivity index (χ2v) is 6.47. The van der Waals surface area contributed by atoms with Gasteiger partial charge in [0.1, 0.15) is 5.75 Å². The van der Waals surface area contributed by atoms with Crippen LogP contribution in [0, 0.1) is 0 Å². The monoisotopic (exact) mass is 288 g/mol. The van der Waals surface area contributed by atoms with Gasteiger partial charge in [0.2, 0.25) is 0 Å². The molecule has 116 valence electrons. The summed E-state index contributed by atoms with van der Waals surface area (Å²) < 4.78 is 5.39. The quantitative estimate of drug-likeness (QED) is 0.924. The Morgan fingerprint density at radius 1 is 1.14 bits per heavy atom. The van der Waals surface area contributed by atoms with Crippen LogP contribution in [-0.4, -0.2) is 38.2 Å². The van der Waals surface area contributed by atoms with Crippen LogP contribution in [0.25, 0.3) is 0 Å². The van der Waals surface area contributed by atoms with Crippen molar-refractivity contribution in [1.82, 2.24) is 10.2 Å². The lowest BCUT2D eigenvalue weighted by molar-refractivity contribution is 0.145. The molecule has 3 heteroatoms. The van der Waals surface area contributed by atoms with E-state index in [2.05, 4.69) is 35.5 Å². The second-order valence-electron chi connectivity index (χ2n) is 6.47. The molecule has 2 unspecified atom stereocenters. The van der Waals surface area contributed by atoms with Crippen molar-refractivity contribution >= 4 is 0 Å². The van der Waals surface area contributed by atoms with Gasteiger partial charge in [-0.15, -0.1) is 0 Å². The largest absolute Gasteiger partial charge is 0.497 e. The third kappa shape index (κ3) is 3.24. The normalized spacial score (nSPS) is 26.2. The van der Waals surface area contributed by atoms with Crippen molar-refractivity contribution in [2.45, 2.75) is 50.6 Å². The van der Waals surface area contributed by atoms with Crippen molar-refractivity contribution in [3.8, 4) is 5.75 Å². The first kappa shape index (κ1) is 14.9. The number of rotatable bonds is 3. The summed E-state index contributed by atoms with van der Waals surface area (Å²) in [6.45, 7) is 2.35. The molecule has 1 saturated heterocycles. The van der Waals surface area contributed by atoms with Gasteiger partial charge in [-0.05, 0) is 81.9 Å². The third-order valence-corrected chi connectivity index (χ3v) is 5.25. The fourth-order valence-corrected chi connectivity index (χ4v) is 3.98. The van der Waals surface area contributed by atoms with Crippen molar-refractivity contribution in [1.29, 1.82) is 0 Å². The maximum absolute atomic E-state index is 5.39. The predicted molar refractivity (Wildman–Crippen MR) is 86.9 cm³/mol. The summed E-state index contributed by atoms with van der Waals surface area (Å²) in [4.78, 5) is 2.65. The zero-order chi connectivity index (χ0) is 14.7. The number of aryl methyl sites for hydroxylation is 1. The van der Waals surface area contributed by atoms with E-state index in [1.807, 2.05) is 0 Å². The number of benzene rings is 1. The van der Waals surface area contributed by atoms with Gasteiger partial charge in [-0.2, -0.15) is 0 Å². The molecule has 1 N–H and O–H groups in total. The van der Waals surface area contributed by atoms with Crippen LogP contribution in [0.2, 0.25) is 0 Å². The third-order valence-electron chi connectivity index (χ3n) is 5.25. The molecule has 3 rings (SSSR count). The molecule has 0 radical (unpaired) electrons. The van der Waals surface area contributed by atoms with Gasteiger partial charge < -0.3 is 10.1 Å². The molecule has 2 atom stereocenters. The second kappa shape index (κ2) is 6.80. The Morgan fingerprint density at radius 2 is 2.05 bits per heavy atom. The van der Waals surface area contributed by atoms with E-state index in [1.165, 1.54) is 56.2 Å². The van der Waals surface area contributed by atoms with E-state index in [0.29, 0.717) is 6.04 Å². The highest BCUT2D eigenvalue weighted by molar-refractivity contribution is 5.39. The highest BCUT2D eigenvalue weighted by Gasteiger charge is 2.28. The van der Waals surface area contributed by atoms with E-state index >= 15 is 0 Å². The number of nitrogens with zero attached hydrogens (tertiary/aromatic N) is 1. The van der Waals surface area contributed by atoms with Crippen LogP contribution in [0.15, 0.2) is 18.2 Å². The molecule has 0 saturated carbocycles. The summed E-state index contributed by atoms with van der Waals surface area (Å²) in [5.74, 6) is 0.996. The minimum absolute atomic E-state index is 0.586. The molecule has 0 amide bonds. The molecule has 1 aliphatic heterocycles. The summed E-state index contributed by atoms with van der Waals surface area (Å²) >= 11 is 0. The molecule has 0 spiro atoms. The summed E-state index contributed by atoms with van der Waals surface area (Å²) in [6.07, 6.45) is 7.68. The zero-order valence-corrected chi connectivity index (χ0v) is 13.4. The lowest BCUT2D eigenvalue weighted by atomic mass is 9.85. The van der Waals surface area contributed by atoms with Crippen molar-refractivity contribution < 1.29 is 4.74 Å². The van der Waals surface area contributed by atoms with Gasteiger partial charge in [-0.3, -0.25) is 4.90 Å². The smallest absolute Gasteiger partial charge is 0.119 e. The molecule has 1 heterocycles. The summed E-state index contributed by atoms with van der Waals surface area (Å²) in [5.41, 5.74) is 3.02. The number of fused-ring (bicyclic) bond motifs is 1. The Labute approximate surface area is 128 Å². The Morgan fingerprint density at radius 3 is 2.90 bits per heavy atom. The molecule has 0 bridgehead atoms. The van der Waals surface area contributed by atoms with Crippen LogP contribution in [0.3, 0.4) is 0 Å². The Kier molecular flexibility index (Phi) is 4.81. The van der Waals surface area contributed by atoms with Gasteiger partial charge in [-0.25, -0.2) is 0 Å². The van der Waals surface area contributed by atoms with Gasteiger partial charge in [0.25, 0.3) is 0 Å². The fraction of sp³-hybridized carbons (Fsp3) is 0.667. The zero-order valence-electron chi connectivity index (χ0n) is 13.4. The van der Waals surface area contributed by atoms with Gasteiger partial charge in [0, 0.05) is 12.1 Å². The summed E-state index contributed by atoms with van der Waals surface area (Å²) in [6, 6.07) is 7.97. The van der Waals surface area contributed by atoms with Crippen LogP contribution in [0.4, 0.5) is 0 Å². The molecular weight excluding hydrogens is 260 g/mol. The number of ether oxygens (including phenoxy) is 1. The van der Waals surface area contributed by atoms with Gasteiger partial charge in [0.15, 0.2) is 0 Å². The highest BCUT2D eigenvalue weighted by atomic mass is 16.5. The topological polar surface area (TPSA) is 24.5 Å². The van der Waals surface area contributed by atoms with Crippen molar-refractivity contribution in [2.75, 3.05) is 27.2 Å². The molecule has 1 aromatic rings. The Hall–Kier alpha value is -1.06. The SMILES string of the molecule is COc1ccc2c(c1)CCCC2N(C)C1CCCNCC1. The minimum atomic E-state index is 0.586. The average Bonchev–Trinajstić information content (AvgIpc) is 2.82. The van der Waals surface area contributed by atoms with Crippen LogP contribution in [0.1, 0.15) is 49.3 Å². The Bertz CT molecular complexity index is 466. The van der Waals surface area contributed by atoms with Crippen LogP contribution < -0.4 is 10.1 Å². The van der Waals surface area contributed by atoms with Gasteiger partial charge in [-0.1, -0.05) is 6.07 Å². The minimum Gasteiger partial charge on any atom is -0.497 e. The van der Waals surface area contributed by atoms with Crippen LogP contribution in [-0.2, 0) is 6.42 Å². The van der Waals surface area contributed by atoms with E-state index in [-0.39, 0.29) is 0 Å². The maximum Gasteiger partial charge on any atom is 0.119 e.